The second-order valence-electron chi connectivity index (χ2n) is 6.08. The fourth-order valence-electron chi connectivity index (χ4n) is 1.89. The van der Waals surface area contributed by atoms with Crippen LogP contribution >= 0.6 is 0 Å². The van der Waals surface area contributed by atoms with Gasteiger partial charge in [0.05, 0.1) is 13.2 Å². The smallest absolute Gasteiger partial charge is 0.287 e. The van der Waals surface area contributed by atoms with Crippen LogP contribution in [0, 0.1) is 5.41 Å². The molecule has 21 heavy (non-hydrogen) atoms. The number of carbonyl (C=O) groups excluding carboxylic acids is 1. The summed E-state index contributed by atoms with van der Waals surface area (Å²) in [6.07, 6.45) is -0.625. The summed E-state index contributed by atoms with van der Waals surface area (Å²) in [4.78, 5) is 12.1. The van der Waals surface area contributed by atoms with Crippen molar-refractivity contribution in [2.45, 2.75) is 26.9 Å². The topological polar surface area (TPSA) is 71.7 Å². The van der Waals surface area contributed by atoms with E-state index >= 15 is 0 Å². The van der Waals surface area contributed by atoms with Gasteiger partial charge in [-0.1, -0.05) is 32.9 Å². The minimum atomic E-state index is -0.625. The van der Waals surface area contributed by atoms with Crippen molar-refractivity contribution in [1.82, 2.24) is 5.32 Å². The summed E-state index contributed by atoms with van der Waals surface area (Å²) in [5, 5.41) is 13.4. The summed E-state index contributed by atoms with van der Waals surface area (Å²) in [6.45, 7) is 5.91. The van der Waals surface area contributed by atoms with Gasteiger partial charge in [0.25, 0.3) is 5.91 Å². The first-order valence-corrected chi connectivity index (χ1v) is 6.85. The molecular weight excluding hydrogens is 270 g/mol. The summed E-state index contributed by atoms with van der Waals surface area (Å²) in [7, 11) is 1.55. The number of ether oxygens (including phenoxy) is 1. The summed E-state index contributed by atoms with van der Waals surface area (Å²) in [5.74, 6) is 0.438. The van der Waals surface area contributed by atoms with Crippen molar-refractivity contribution in [3.8, 4) is 5.75 Å². The van der Waals surface area contributed by atoms with Gasteiger partial charge in [0, 0.05) is 11.9 Å². The highest BCUT2D eigenvalue weighted by molar-refractivity contribution is 5.97. The number of aliphatic hydroxyl groups excluding tert-OH is 1. The van der Waals surface area contributed by atoms with Crippen molar-refractivity contribution in [3.05, 3.63) is 30.0 Å². The van der Waals surface area contributed by atoms with Gasteiger partial charge < -0.3 is 19.6 Å². The Bertz CT molecular complexity index is 639. The number of fused-ring (bicyclic) bond motifs is 1. The van der Waals surface area contributed by atoms with Gasteiger partial charge in [-0.2, -0.15) is 0 Å². The van der Waals surface area contributed by atoms with Crippen LogP contribution in [0.1, 0.15) is 31.3 Å². The van der Waals surface area contributed by atoms with E-state index in [0.717, 1.165) is 5.39 Å². The number of methoxy groups -OCH3 is 1. The van der Waals surface area contributed by atoms with Gasteiger partial charge in [-0.3, -0.25) is 4.79 Å². The average Bonchev–Trinajstić information content (AvgIpc) is 2.87. The molecule has 2 N–H and O–H groups in total. The van der Waals surface area contributed by atoms with Gasteiger partial charge in [0.1, 0.15) is 0 Å². The van der Waals surface area contributed by atoms with Crippen LogP contribution < -0.4 is 10.1 Å². The van der Waals surface area contributed by atoms with Crippen LogP contribution in [0.25, 0.3) is 11.0 Å². The van der Waals surface area contributed by atoms with Crippen molar-refractivity contribution in [3.63, 3.8) is 0 Å². The second-order valence-corrected chi connectivity index (χ2v) is 6.08. The molecule has 1 atom stereocenters. The van der Waals surface area contributed by atoms with E-state index in [1.807, 2.05) is 32.9 Å². The molecule has 1 heterocycles. The molecule has 1 unspecified atom stereocenters. The minimum Gasteiger partial charge on any atom is -0.493 e. The molecule has 1 aromatic heterocycles. The Balaban J connectivity index is 2.13. The predicted molar refractivity (Wildman–Crippen MR) is 80.6 cm³/mol. The summed E-state index contributed by atoms with van der Waals surface area (Å²) >= 11 is 0. The quantitative estimate of drug-likeness (QED) is 0.908. The zero-order valence-electron chi connectivity index (χ0n) is 12.8. The Labute approximate surface area is 123 Å². The molecule has 0 aliphatic carbocycles. The van der Waals surface area contributed by atoms with Crippen LogP contribution in [0.2, 0.25) is 0 Å². The first-order chi connectivity index (χ1) is 9.82. The van der Waals surface area contributed by atoms with E-state index in [1.165, 1.54) is 0 Å². The van der Waals surface area contributed by atoms with Gasteiger partial charge in [-0.05, 0) is 17.5 Å². The molecule has 0 saturated carbocycles. The molecule has 0 fully saturated rings. The number of hydrogen-bond donors (Lipinski definition) is 2. The molecule has 5 heteroatoms. The molecule has 2 rings (SSSR count). The van der Waals surface area contributed by atoms with Crippen LogP contribution in [0.4, 0.5) is 0 Å². The van der Waals surface area contributed by atoms with E-state index in [4.69, 9.17) is 9.15 Å². The Morgan fingerprint density at radius 3 is 2.76 bits per heavy atom. The number of nitrogens with one attached hydrogen (secondary N) is 1. The lowest BCUT2D eigenvalue weighted by molar-refractivity contribution is 0.0579. The lowest BCUT2D eigenvalue weighted by Crippen LogP contribution is -2.39. The van der Waals surface area contributed by atoms with Crippen molar-refractivity contribution >= 4 is 16.9 Å². The number of amides is 1. The third-order valence-electron chi connectivity index (χ3n) is 3.41. The van der Waals surface area contributed by atoms with Crippen LogP contribution in [0.5, 0.6) is 5.75 Å². The highest BCUT2D eigenvalue weighted by Gasteiger charge is 2.23. The average molecular weight is 291 g/mol. The predicted octanol–water partition coefficient (Wildman–Crippen LogP) is 2.58. The zero-order valence-corrected chi connectivity index (χ0v) is 12.8. The largest absolute Gasteiger partial charge is 0.493 e. The molecule has 5 nitrogen and oxygen atoms in total. The number of para-hydroxylation sites is 1. The molecular formula is C16H21NO4. The fourth-order valence-corrected chi connectivity index (χ4v) is 1.89. The van der Waals surface area contributed by atoms with E-state index < -0.39 is 6.10 Å². The van der Waals surface area contributed by atoms with E-state index in [2.05, 4.69) is 5.32 Å². The Hall–Kier alpha value is -2.01. The molecule has 0 bridgehead atoms. The zero-order chi connectivity index (χ0) is 15.6. The minimum absolute atomic E-state index is 0.177. The van der Waals surface area contributed by atoms with E-state index in [-0.39, 0.29) is 23.6 Å². The Kier molecular flexibility index (Phi) is 4.23. The number of aliphatic hydroxyl groups is 1. The van der Waals surface area contributed by atoms with Gasteiger partial charge in [0.15, 0.2) is 17.1 Å². The second kappa shape index (κ2) is 5.77. The molecule has 0 spiro atoms. The van der Waals surface area contributed by atoms with Crippen LogP contribution in [0.3, 0.4) is 0 Å². The Morgan fingerprint density at radius 1 is 1.43 bits per heavy atom. The van der Waals surface area contributed by atoms with Gasteiger partial charge >= 0.3 is 0 Å². The van der Waals surface area contributed by atoms with Crippen LogP contribution in [-0.2, 0) is 0 Å². The fraction of sp³-hybridized carbons (Fsp3) is 0.438. The number of carbonyl (C=O) groups is 1. The third-order valence-corrected chi connectivity index (χ3v) is 3.41. The van der Waals surface area contributed by atoms with E-state index in [9.17, 15) is 9.90 Å². The number of rotatable bonds is 4. The molecule has 114 valence electrons. The first-order valence-electron chi connectivity index (χ1n) is 6.85. The summed E-state index contributed by atoms with van der Waals surface area (Å²) < 4.78 is 10.7. The van der Waals surface area contributed by atoms with Crippen molar-refractivity contribution in [2.75, 3.05) is 13.7 Å². The number of benzene rings is 1. The maximum absolute atomic E-state index is 12.1. The SMILES string of the molecule is COc1cccc2cc(C(=O)NCC(O)C(C)(C)C)oc12. The van der Waals surface area contributed by atoms with Crippen LogP contribution in [0.15, 0.2) is 28.7 Å². The van der Waals surface area contributed by atoms with Gasteiger partial charge in [-0.15, -0.1) is 0 Å². The molecule has 1 amide bonds. The van der Waals surface area contributed by atoms with E-state index in [0.29, 0.717) is 11.3 Å². The Morgan fingerprint density at radius 2 is 2.14 bits per heavy atom. The molecule has 0 radical (unpaired) electrons. The van der Waals surface area contributed by atoms with Gasteiger partial charge in [0.2, 0.25) is 0 Å². The lowest BCUT2D eigenvalue weighted by Gasteiger charge is -2.25. The monoisotopic (exact) mass is 291 g/mol. The molecule has 2 aromatic rings. The first kappa shape index (κ1) is 15.4. The third kappa shape index (κ3) is 3.36. The normalized spacial score (nSPS) is 13.2. The molecule has 1 aromatic carbocycles. The van der Waals surface area contributed by atoms with Gasteiger partial charge in [-0.25, -0.2) is 0 Å². The van der Waals surface area contributed by atoms with Crippen LogP contribution in [-0.4, -0.2) is 30.8 Å². The molecule has 0 aliphatic rings. The molecule has 0 aliphatic heterocycles. The summed E-state index contributed by atoms with van der Waals surface area (Å²) in [6, 6.07) is 7.12. The number of hydrogen-bond acceptors (Lipinski definition) is 4. The van der Waals surface area contributed by atoms with Crippen molar-refractivity contribution in [1.29, 1.82) is 0 Å². The highest BCUT2D eigenvalue weighted by atomic mass is 16.5. The standard InChI is InChI=1S/C16H21NO4/c1-16(2,3)13(18)9-17-15(19)12-8-10-6-5-7-11(20-4)14(10)21-12/h5-8,13,18H,9H2,1-4H3,(H,17,19). The lowest BCUT2D eigenvalue weighted by atomic mass is 9.89. The van der Waals surface area contributed by atoms with Crippen molar-refractivity contribution < 1.29 is 19.1 Å². The summed E-state index contributed by atoms with van der Waals surface area (Å²) in [5.41, 5.74) is 0.256. The molecule has 0 saturated heterocycles. The van der Waals surface area contributed by atoms with E-state index in [1.54, 1.807) is 19.2 Å². The maximum Gasteiger partial charge on any atom is 0.287 e. The highest BCUT2D eigenvalue weighted by Crippen LogP contribution is 2.28. The van der Waals surface area contributed by atoms with Crippen molar-refractivity contribution in [2.24, 2.45) is 5.41 Å². The number of furan rings is 1. The maximum atomic E-state index is 12.1.